The first-order valence-electron chi connectivity index (χ1n) is 4.71. The van der Waals surface area contributed by atoms with Gasteiger partial charge in [0.1, 0.15) is 0 Å². The van der Waals surface area contributed by atoms with E-state index in [0.29, 0.717) is 0 Å². The molecule has 96 valence electrons. The van der Waals surface area contributed by atoms with Crippen LogP contribution >= 0.6 is 0 Å². The molecule has 0 atom stereocenters. The van der Waals surface area contributed by atoms with E-state index in [0.717, 1.165) is 4.31 Å². The van der Waals surface area contributed by atoms with Gasteiger partial charge in [-0.25, -0.2) is 9.52 Å². The zero-order valence-corrected chi connectivity index (χ0v) is 10.7. The number of carbonyl (C=O) groups excluding carboxylic acids is 1. The first-order chi connectivity index (χ1) is 7.08. The Hall–Kier alpha value is -0.860. The van der Waals surface area contributed by atoms with Crippen LogP contribution in [0.3, 0.4) is 0 Å². The standard InChI is InChI=1S/C8H18N2O5S/c1-5-15-7(11)9-16(13,14)10(4)6-8(2,3)12/h12H,5-6H2,1-4H3,(H,9,11). The molecule has 2 N–H and O–H groups in total. The molecule has 0 saturated carbocycles. The molecule has 0 aromatic heterocycles. The van der Waals surface area contributed by atoms with Crippen molar-refractivity contribution in [3.05, 3.63) is 0 Å². The minimum Gasteiger partial charge on any atom is -0.449 e. The Morgan fingerprint density at radius 3 is 2.38 bits per heavy atom. The number of nitrogens with zero attached hydrogens (tertiary/aromatic N) is 1. The molecule has 8 heteroatoms. The summed E-state index contributed by atoms with van der Waals surface area (Å²) in [5, 5.41) is 9.44. The molecule has 0 rings (SSSR count). The quantitative estimate of drug-likeness (QED) is 0.701. The van der Waals surface area contributed by atoms with Crippen molar-refractivity contribution in [3.63, 3.8) is 0 Å². The Bertz CT molecular complexity index is 333. The SMILES string of the molecule is CCOC(=O)NS(=O)(=O)N(C)CC(C)(C)O. The molecule has 0 aliphatic rings. The van der Waals surface area contributed by atoms with E-state index in [1.807, 2.05) is 0 Å². The number of amides is 1. The van der Waals surface area contributed by atoms with Crippen molar-refractivity contribution in [2.75, 3.05) is 20.2 Å². The molecule has 1 amide bonds. The Kier molecular flexibility index (Phi) is 5.17. The summed E-state index contributed by atoms with van der Waals surface area (Å²) in [6, 6.07) is 0. The Morgan fingerprint density at radius 2 is 2.00 bits per heavy atom. The van der Waals surface area contributed by atoms with E-state index < -0.39 is 21.9 Å². The van der Waals surface area contributed by atoms with E-state index in [1.54, 1.807) is 11.6 Å². The lowest BCUT2D eigenvalue weighted by Crippen LogP contribution is -2.46. The van der Waals surface area contributed by atoms with Gasteiger partial charge in [-0.1, -0.05) is 0 Å². The lowest BCUT2D eigenvalue weighted by Gasteiger charge is -2.24. The number of nitrogens with one attached hydrogen (secondary N) is 1. The van der Waals surface area contributed by atoms with Crippen molar-refractivity contribution >= 4 is 16.3 Å². The summed E-state index contributed by atoms with van der Waals surface area (Å²) in [6.07, 6.45) is -1.04. The van der Waals surface area contributed by atoms with Crippen LogP contribution in [0.15, 0.2) is 0 Å². The van der Waals surface area contributed by atoms with Crippen LogP contribution in [-0.2, 0) is 14.9 Å². The molecule has 0 saturated heterocycles. The highest BCUT2D eigenvalue weighted by atomic mass is 32.2. The zero-order valence-electron chi connectivity index (χ0n) is 9.85. The summed E-state index contributed by atoms with van der Waals surface area (Å²) >= 11 is 0. The molecule has 0 unspecified atom stereocenters. The normalized spacial score (nSPS) is 12.6. The lowest BCUT2D eigenvalue weighted by atomic mass is 10.1. The van der Waals surface area contributed by atoms with E-state index in [2.05, 4.69) is 4.74 Å². The van der Waals surface area contributed by atoms with E-state index in [-0.39, 0.29) is 13.2 Å². The number of carbonyl (C=O) groups is 1. The van der Waals surface area contributed by atoms with E-state index in [1.165, 1.54) is 20.9 Å². The number of likely N-dealkylation sites (N-methyl/N-ethyl adjacent to an activating group) is 1. The average molecular weight is 254 g/mol. The molecule has 0 aromatic rings. The van der Waals surface area contributed by atoms with E-state index >= 15 is 0 Å². The maximum absolute atomic E-state index is 11.5. The van der Waals surface area contributed by atoms with Crippen molar-refractivity contribution in [2.24, 2.45) is 0 Å². The third kappa shape index (κ3) is 5.89. The third-order valence-corrected chi connectivity index (χ3v) is 2.88. The van der Waals surface area contributed by atoms with E-state index in [9.17, 15) is 18.3 Å². The fraction of sp³-hybridized carbons (Fsp3) is 0.875. The summed E-state index contributed by atoms with van der Waals surface area (Å²) in [5.74, 6) is 0. The van der Waals surface area contributed by atoms with Crippen molar-refractivity contribution in [3.8, 4) is 0 Å². The summed E-state index contributed by atoms with van der Waals surface area (Å²) < 4.78 is 30.0. The highest BCUT2D eigenvalue weighted by Gasteiger charge is 2.26. The number of hydrogen-bond donors (Lipinski definition) is 2. The third-order valence-electron chi connectivity index (χ3n) is 1.51. The van der Waals surface area contributed by atoms with Gasteiger partial charge in [0.25, 0.3) is 0 Å². The Labute approximate surface area is 95.6 Å². The van der Waals surface area contributed by atoms with Gasteiger partial charge in [-0.05, 0) is 20.8 Å². The van der Waals surface area contributed by atoms with Gasteiger partial charge in [0, 0.05) is 13.6 Å². The minimum atomic E-state index is -3.97. The molecule has 0 bridgehead atoms. The molecular formula is C8H18N2O5S. The van der Waals surface area contributed by atoms with E-state index in [4.69, 9.17) is 0 Å². The predicted octanol–water partition coefficient (Wildman–Crippen LogP) is -0.320. The lowest BCUT2D eigenvalue weighted by molar-refractivity contribution is 0.0635. The molecule has 0 aromatic carbocycles. The highest BCUT2D eigenvalue weighted by molar-refractivity contribution is 7.87. The molecule has 0 aliphatic heterocycles. The van der Waals surface area contributed by atoms with Gasteiger partial charge in [-0.2, -0.15) is 12.7 Å². The van der Waals surface area contributed by atoms with Crippen LogP contribution in [0.25, 0.3) is 0 Å². The maximum Gasteiger partial charge on any atom is 0.421 e. The molecule has 16 heavy (non-hydrogen) atoms. The van der Waals surface area contributed by atoms with Gasteiger partial charge in [0.15, 0.2) is 0 Å². The van der Waals surface area contributed by atoms with Crippen LogP contribution in [0, 0.1) is 0 Å². The second kappa shape index (κ2) is 5.46. The van der Waals surface area contributed by atoms with Gasteiger partial charge in [0.05, 0.1) is 12.2 Å². The summed E-state index contributed by atoms with van der Waals surface area (Å²) in [4.78, 5) is 10.9. The smallest absolute Gasteiger partial charge is 0.421 e. The topological polar surface area (TPSA) is 95.9 Å². The van der Waals surface area contributed by atoms with Crippen LogP contribution in [0.4, 0.5) is 4.79 Å². The minimum absolute atomic E-state index is 0.0799. The summed E-state index contributed by atoms with van der Waals surface area (Å²) in [5.41, 5.74) is -1.18. The number of aliphatic hydroxyl groups is 1. The van der Waals surface area contributed by atoms with Gasteiger partial charge >= 0.3 is 16.3 Å². The van der Waals surface area contributed by atoms with Crippen LogP contribution in [-0.4, -0.2) is 49.7 Å². The first kappa shape index (κ1) is 15.1. The molecular weight excluding hydrogens is 236 g/mol. The van der Waals surface area contributed by atoms with Crippen LogP contribution in [0.1, 0.15) is 20.8 Å². The average Bonchev–Trinajstić information content (AvgIpc) is 1.99. The van der Waals surface area contributed by atoms with Crippen molar-refractivity contribution in [1.82, 2.24) is 9.03 Å². The van der Waals surface area contributed by atoms with Crippen molar-refractivity contribution in [2.45, 2.75) is 26.4 Å². The second-order valence-electron chi connectivity index (χ2n) is 3.90. The Balaban J connectivity index is 4.50. The molecule has 0 radical (unpaired) electrons. The Morgan fingerprint density at radius 1 is 1.50 bits per heavy atom. The monoisotopic (exact) mass is 254 g/mol. The predicted molar refractivity (Wildman–Crippen MR) is 58.0 cm³/mol. The number of rotatable bonds is 5. The van der Waals surface area contributed by atoms with Gasteiger partial charge in [-0.15, -0.1) is 0 Å². The molecule has 0 fully saturated rings. The second-order valence-corrected chi connectivity index (χ2v) is 5.67. The van der Waals surface area contributed by atoms with Crippen LogP contribution in [0.2, 0.25) is 0 Å². The zero-order chi connectivity index (χ0) is 13.0. The highest BCUT2D eigenvalue weighted by Crippen LogP contribution is 2.06. The van der Waals surface area contributed by atoms with Crippen molar-refractivity contribution < 1.29 is 23.1 Å². The first-order valence-corrected chi connectivity index (χ1v) is 6.15. The fourth-order valence-corrected chi connectivity index (χ4v) is 1.88. The molecule has 7 nitrogen and oxygen atoms in total. The molecule has 0 spiro atoms. The van der Waals surface area contributed by atoms with Crippen LogP contribution < -0.4 is 4.72 Å². The fourth-order valence-electron chi connectivity index (χ4n) is 0.974. The van der Waals surface area contributed by atoms with Gasteiger partial charge in [0.2, 0.25) is 0 Å². The van der Waals surface area contributed by atoms with Gasteiger partial charge < -0.3 is 9.84 Å². The summed E-state index contributed by atoms with van der Waals surface area (Å²) in [7, 11) is -2.72. The largest absolute Gasteiger partial charge is 0.449 e. The van der Waals surface area contributed by atoms with Gasteiger partial charge in [-0.3, -0.25) is 0 Å². The molecule has 0 heterocycles. The summed E-state index contributed by atoms with van der Waals surface area (Å²) in [6.45, 7) is 4.43. The molecule has 0 aliphatic carbocycles. The number of hydrogen-bond acceptors (Lipinski definition) is 5. The number of ether oxygens (including phenoxy) is 1. The van der Waals surface area contributed by atoms with Crippen molar-refractivity contribution in [1.29, 1.82) is 0 Å². The maximum atomic E-state index is 11.5. The van der Waals surface area contributed by atoms with Crippen LogP contribution in [0.5, 0.6) is 0 Å².